The van der Waals surface area contributed by atoms with Crippen molar-refractivity contribution >= 4 is 11.9 Å². The fourth-order valence-electron chi connectivity index (χ4n) is 3.71. The van der Waals surface area contributed by atoms with Gasteiger partial charge in [0.25, 0.3) is 0 Å². The Morgan fingerprint density at radius 3 is 2.19 bits per heavy atom. The molecule has 0 bridgehead atoms. The number of aryl methyl sites for hydroxylation is 1. The van der Waals surface area contributed by atoms with Gasteiger partial charge in [0.15, 0.2) is 23.0 Å². The molecule has 2 atom stereocenters. The lowest BCUT2D eigenvalue weighted by Gasteiger charge is -2.19. The zero-order chi connectivity index (χ0) is 22.5. The van der Waals surface area contributed by atoms with E-state index in [-0.39, 0.29) is 12.4 Å². The van der Waals surface area contributed by atoms with Gasteiger partial charge in [0.1, 0.15) is 12.0 Å². The topological polar surface area (TPSA) is 89.5 Å². The summed E-state index contributed by atoms with van der Waals surface area (Å²) >= 11 is 0. The number of benzene rings is 2. The van der Waals surface area contributed by atoms with Gasteiger partial charge in [0.05, 0.1) is 35.5 Å². The molecule has 0 spiro atoms. The number of methoxy groups -OCH3 is 5. The number of esters is 2. The smallest absolute Gasteiger partial charge is 0.317 e. The van der Waals surface area contributed by atoms with Gasteiger partial charge in [0, 0.05) is 12.0 Å². The Labute approximate surface area is 181 Å². The van der Waals surface area contributed by atoms with Crippen LogP contribution < -0.4 is 18.9 Å². The summed E-state index contributed by atoms with van der Waals surface area (Å²) in [6.07, 6.45) is -0.000919. The van der Waals surface area contributed by atoms with Crippen molar-refractivity contribution in [1.82, 2.24) is 0 Å². The predicted octanol–water partition coefficient (Wildman–Crippen LogP) is 3.21. The lowest BCUT2D eigenvalue weighted by molar-refractivity contribution is -0.144. The fraction of sp³-hybridized carbons (Fsp3) is 0.391. The van der Waals surface area contributed by atoms with Gasteiger partial charge in [-0.3, -0.25) is 9.59 Å². The highest BCUT2D eigenvalue weighted by atomic mass is 16.5. The average molecular weight is 430 g/mol. The molecule has 2 unspecified atom stereocenters. The first-order chi connectivity index (χ1) is 15.0. The van der Waals surface area contributed by atoms with Crippen molar-refractivity contribution in [3.63, 3.8) is 0 Å². The van der Waals surface area contributed by atoms with Crippen molar-refractivity contribution in [1.29, 1.82) is 0 Å². The van der Waals surface area contributed by atoms with Gasteiger partial charge in [-0.2, -0.15) is 0 Å². The van der Waals surface area contributed by atoms with Gasteiger partial charge in [0.2, 0.25) is 0 Å². The molecule has 31 heavy (non-hydrogen) atoms. The number of hydrogen-bond donors (Lipinski definition) is 0. The highest BCUT2D eigenvalue weighted by Crippen LogP contribution is 2.52. The van der Waals surface area contributed by atoms with E-state index in [9.17, 15) is 9.59 Å². The first kappa shape index (κ1) is 22.3. The van der Waals surface area contributed by atoms with Crippen LogP contribution in [0, 0.1) is 0 Å². The maximum Gasteiger partial charge on any atom is 0.317 e. The Kier molecular flexibility index (Phi) is 6.89. The fourth-order valence-corrected chi connectivity index (χ4v) is 3.71. The molecule has 0 amide bonds. The molecule has 0 aliphatic carbocycles. The second-order valence-corrected chi connectivity index (χ2v) is 6.95. The van der Waals surface area contributed by atoms with Crippen molar-refractivity contribution in [3.8, 4) is 23.0 Å². The first-order valence-electron chi connectivity index (χ1n) is 9.71. The lowest BCUT2D eigenvalue weighted by Crippen LogP contribution is -2.20. The van der Waals surface area contributed by atoms with Crippen LogP contribution in [0.25, 0.3) is 0 Å². The van der Waals surface area contributed by atoms with Crippen LogP contribution in [-0.2, 0) is 25.5 Å². The third kappa shape index (κ3) is 4.38. The lowest BCUT2D eigenvalue weighted by atomic mass is 9.89. The molecule has 2 aromatic rings. The van der Waals surface area contributed by atoms with Crippen LogP contribution in [0.15, 0.2) is 30.3 Å². The van der Waals surface area contributed by atoms with E-state index in [1.165, 1.54) is 21.3 Å². The Bertz CT molecular complexity index is 968. The summed E-state index contributed by atoms with van der Waals surface area (Å²) in [5.41, 5.74) is 2.19. The minimum Gasteiger partial charge on any atom is -0.493 e. The van der Waals surface area contributed by atoms with Crippen LogP contribution >= 0.6 is 0 Å². The van der Waals surface area contributed by atoms with Crippen LogP contribution in [0.4, 0.5) is 0 Å². The van der Waals surface area contributed by atoms with E-state index in [1.807, 2.05) is 12.1 Å². The maximum atomic E-state index is 12.8. The van der Waals surface area contributed by atoms with Gasteiger partial charge in [-0.1, -0.05) is 12.1 Å². The molecular formula is C23H26O8. The Morgan fingerprint density at radius 2 is 1.58 bits per heavy atom. The first-order valence-corrected chi connectivity index (χ1v) is 9.71. The summed E-state index contributed by atoms with van der Waals surface area (Å²) < 4.78 is 32.2. The summed E-state index contributed by atoms with van der Waals surface area (Å²) in [6, 6.07) is 9.00. The van der Waals surface area contributed by atoms with Crippen molar-refractivity contribution in [2.24, 2.45) is 0 Å². The standard InChI is InChI=1S/C23H26O8/c1-26-16-8-7-14(12-17(16)27-2)21-20(23(25)30-5)15-10-13(6-9-19(24)29-4)11-18(28-3)22(15)31-21/h7-8,10-12,20-21H,6,9H2,1-5H3. The van der Waals surface area contributed by atoms with E-state index in [0.29, 0.717) is 35.0 Å². The van der Waals surface area contributed by atoms with Crippen LogP contribution in [0.2, 0.25) is 0 Å². The quantitative estimate of drug-likeness (QED) is 0.590. The molecule has 1 aliphatic rings. The second-order valence-electron chi connectivity index (χ2n) is 6.95. The van der Waals surface area contributed by atoms with Crippen LogP contribution in [-0.4, -0.2) is 47.5 Å². The van der Waals surface area contributed by atoms with Crippen molar-refractivity contribution in [2.45, 2.75) is 24.9 Å². The Morgan fingerprint density at radius 1 is 0.871 bits per heavy atom. The summed E-state index contributed by atoms with van der Waals surface area (Å²) in [7, 11) is 7.31. The van der Waals surface area contributed by atoms with E-state index in [1.54, 1.807) is 32.4 Å². The Hall–Kier alpha value is -3.42. The van der Waals surface area contributed by atoms with Gasteiger partial charge < -0.3 is 28.4 Å². The molecule has 8 nitrogen and oxygen atoms in total. The third-order valence-electron chi connectivity index (χ3n) is 5.28. The van der Waals surface area contributed by atoms with Crippen molar-refractivity contribution in [3.05, 3.63) is 47.0 Å². The SMILES string of the molecule is COC(=O)CCc1cc(OC)c2c(c1)C(C(=O)OC)C(c1ccc(OC)c(OC)c1)O2. The van der Waals surface area contributed by atoms with Crippen molar-refractivity contribution < 1.29 is 38.0 Å². The molecule has 3 rings (SSSR count). The molecule has 0 saturated heterocycles. The average Bonchev–Trinajstić information content (AvgIpc) is 3.20. The van der Waals surface area contributed by atoms with E-state index < -0.39 is 18.0 Å². The van der Waals surface area contributed by atoms with Crippen molar-refractivity contribution in [2.75, 3.05) is 35.5 Å². The number of fused-ring (bicyclic) bond motifs is 1. The zero-order valence-corrected chi connectivity index (χ0v) is 18.2. The van der Waals surface area contributed by atoms with E-state index >= 15 is 0 Å². The van der Waals surface area contributed by atoms with Crippen LogP contribution in [0.5, 0.6) is 23.0 Å². The third-order valence-corrected chi connectivity index (χ3v) is 5.28. The predicted molar refractivity (Wildman–Crippen MR) is 111 cm³/mol. The number of ether oxygens (including phenoxy) is 6. The minimum absolute atomic E-state index is 0.210. The second kappa shape index (κ2) is 9.59. The molecular weight excluding hydrogens is 404 g/mol. The van der Waals surface area contributed by atoms with Gasteiger partial charge in [-0.05, 0) is 35.7 Å². The summed E-state index contributed by atoms with van der Waals surface area (Å²) in [5.74, 6) is 0.570. The van der Waals surface area contributed by atoms with E-state index in [0.717, 1.165) is 11.1 Å². The van der Waals surface area contributed by atoms with Gasteiger partial charge >= 0.3 is 11.9 Å². The normalized spacial score (nSPS) is 16.7. The maximum absolute atomic E-state index is 12.8. The molecule has 2 aromatic carbocycles. The van der Waals surface area contributed by atoms with Crippen LogP contribution in [0.1, 0.15) is 35.1 Å². The molecule has 0 aromatic heterocycles. The molecule has 0 radical (unpaired) electrons. The number of carbonyl (C=O) groups excluding carboxylic acids is 2. The monoisotopic (exact) mass is 430 g/mol. The van der Waals surface area contributed by atoms with Gasteiger partial charge in [-0.25, -0.2) is 0 Å². The molecule has 1 aliphatic heterocycles. The van der Waals surface area contributed by atoms with E-state index in [2.05, 4.69) is 0 Å². The largest absolute Gasteiger partial charge is 0.493 e. The summed E-state index contributed by atoms with van der Waals surface area (Å²) in [6.45, 7) is 0. The molecule has 166 valence electrons. The molecule has 0 saturated carbocycles. The number of hydrogen-bond acceptors (Lipinski definition) is 8. The minimum atomic E-state index is -0.718. The summed E-state index contributed by atoms with van der Waals surface area (Å²) in [5, 5.41) is 0. The van der Waals surface area contributed by atoms with Crippen LogP contribution in [0.3, 0.4) is 0 Å². The van der Waals surface area contributed by atoms with E-state index in [4.69, 9.17) is 28.4 Å². The Balaban J connectivity index is 2.05. The zero-order valence-electron chi connectivity index (χ0n) is 18.2. The highest BCUT2D eigenvalue weighted by molar-refractivity contribution is 5.82. The number of rotatable bonds is 8. The van der Waals surface area contributed by atoms with Gasteiger partial charge in [-0.15, -0.1) is 0 Å². The molecule has 1 heterocycles. The summed E-state index contributed by atoms with van der Waals surface area (Å²) in [4.78, 5) is 24.4. The molecule has 0 fully saturated rings. The number of carbonyl (C=O) groups is 2. The molecule has 0 N–H and O–H groups in total. The highest BCUT2D eigenvalue weighted by Gasteiger charge is 2.43. The molecule has 8 heteroatoms.